The highest BCUT2D eigenvalue weighted by atomic mass is 16.7. The van der Waals surface area contributed by atoms with Gasteiger partial charge in [-0.15, -0.1) is 0 Å². The maximum atomic E-state index is 12.0. The van der Waals surface area contributed by atoms with Gasteiger partial charge in [0.25, 0.3) is 0 Å². The van der Waals surface area contributed by atoms with Crippen LogP contribution in [-0.2, 0) is 29.2 Å². The van der Waals surface area contributed by atoms with Crippen LogP contribution in [0, 0.1) is 0 Å². The first-order valence-corrected chi connectivity index (χ1v) is 13.7. The number of piperidine rings is 1. The number of hydrogen-bond acceptors (Lipinski definition) is 5. The number of alkyl carbamates (subject to hydrolysis) is 1. The van der Waals surface area contributed by atoms with Crippen molar-refractivity contribution in [2.24, 2.45) is 0 Å². The second-order valence-corrected chi connectivity index (χ2v) is 12.0. The lowest BCUT2D eigenvalue weighted by Crippen LogP contribution is -2.35. The average molecular weight is 517 g/mol. The van der Waals surface area contributed by atoms with E-state index in [0.717, 1.165) is 49.4 Å². The minimum atomic E-state index is -0.597. The largest absolute Gasteiger partial charge is 0.463 e. The number of nitrogens with zero attached hydrogens (tertiary/aromatic N) is 1. The van der Waals surface area contributed by atoms with Crippen LogP contribution in [0.2, 0.25) is 0 Å². The van der Waals surface area contributed by atoms with Gasteiger partial charge in [-0.25, -0.2) is 4.79 Å². The van der Waals surface area contributed by atoms with Gasteiger partial charge in [-0.05, 0) is 92.2 Å². The van der Waals surface area contributed by atoms with Crippen molar-refractivity contribution >= 4 is 16.9 Å². The van der Waals surface area contributed by atoms with E-state index in [9.17, 15) is 4.79 Å². The molecule has 3 aromatic carbocycles. The van der Waals surface area contributed by atoms with E-state index in [4.69, 9.17) is 14.2 Å². The van der Waals surface area contributed by atoms with Crippen LogP contribution < -0.4 is 10.1 Å². The third-order valence-electron chi connectivity index (χ3n) is 7.32. The molecule has 38 heavy (non-hydrogen) atoms. The monoisotopic (exact) mass is 516 g/mol. The van der Waals surface area contributed by atoms with E-state index in [0.29, 0.717) is 19.1 Å². The lowest BCUT2D eigenvalue weighted by atomic mass is 9.88. The Morgan fingerprint density at radius 3 is 2.61 bits per heavy atom. The Morgan fingerprint density at radius 1 is 1.08 bits per heavy atom. The Kier molecular flexibility index (Phi) is 7.38. The summed E-state index contributed by atoms with van der Waals surface area (Å²) in [7, 11) is 0. The van der Waals surface area contributed by atoms with Gasteiger partial charge < -0.3 is 19.5 Å². The molecule has 0 atom stereocenters. The van der Waals surface area contributed by atoms with Gasteiger partial charge >= 0.3 is 6.09 Å². The fourth-order valence-electron chi connectivity index (χ4n) is 5.42. The summed E-state index contributed by atoms with van der Waals surface area (Å²) < 4.78 is 17.3. The van der Waals surface area contributed by atoms with E-state index >= 15 is 0 Å². The van der Waals surface area contributed by atoms with Gasteiger partial charge in [0, 0.05) is 32.5 Å². The van der Waals surface area contributed by atoms with E-state index in [-0.39, 0.29) is 6.09 Å². The molecule has 0 unspecified atom stereocenters. The highest BCUT2D eigenvalue weighted by Crippen LogP contribution is 2.36. The minimum Gasteiger partial charge on any atom is -0.463 e. The van der Waals surface area contributed by atoms with Gasteiger partial charge in [0.15, 0.2) is 0 Å². The van der Waals surface area contributed by atoms with Gasteiger partial charge in [-0.1, -0.05) is 42.5 Å². The van der Waals surface area contributed by atoms with Crippen LogP contribution in [-0.4, -0.2) is 35.5 Å². The molecule has 0 bridgehead atoms. The topological polar surface area (TPSA) is 60.0 Å². The van der Waals surface area contributed by atoms with Crippen LogP contribution in [0.15, 0.2) is 54.6 Å². The molecule has 6 heteroatoms. The quantitative estimate of drug-likeness (QED) is 0.400. The molecule has 1 N–H and O–H groups in total. The fourth-order valence-corrected chi connectivity index (χ4v) is 5.42. The predicted molar refractivity (Wildman–Crippen MR) is 150 cm³/mol. The summed E-state index contributed by atoms with van der Waals surface area (Å²) in [6.07, 6.45) is 1.86. The predicted octanol–water partition coefficient (Wildman–Crippen LogP) is 6.89. The number of nitrogens with one attached hydrogen (secondary N) is 1. The number of benzene rings is 3. The van der Waals surface area contributed by atoms with Crippen molar-refractivity contribution in [1.29, 1.82) is 0 Å². The van der Waals surface area contributed by atoms with Gasteiger partial charge in [0.1, 0.15) is 11.4 Å². The van der Waals surface area contributed by atoms with Crippen LogP contribution in [0.25, 0.3) is 10.8 Å². The van der Waals surface area contributed by atoms with Gasteiger partial charge in [-0.2, -0.15) is 0 Å². The number of carbonyl (C=O) groups is 1. The molecule has 0 radical (unpaired) electrons. The summed E-state index contributed by atoms with van der Waals surface area (Å²) in [6, 6.07) is 19.6. The Balaban J connectivity index is 1.20. The zero-order valence-corrected chi connectivity index (χ0v) is 23.3. The Morgan fingerprint density at radius 2 is 1.84 bits per heavy atom. The maximum Gasteiger partial charge on any atom is 0.407 e. The van der Waals surface area contributed by atoms with Crippen molar-refractivity contribution in [3.63, 3.8) is 0 Å². The first-order valence-electron chi connectivity index (χ1n) is 13.7. The molecule has 2 aliphatic rings. The Bertz CT molecular complexity index is 1300. The first kappa shape index (κ1) is 26.5. The summed E-state index contributed by atoms with van der Waals surface area (Å²) in [5.41, 5.74) is 4.41. The van der Waals surface area contributed by atoms with E-state index in [1.165, 1.54) is 21.9 Å². The molecule has 3 aromatic rings. The molecule has 1 saturated heterocycles. The minimum absolute atomic E-state index is 0.381. The zero-order chi connectivity index (χ0) is 26.9. The van der Waals surface area contributed by atoms with Crippen molar-refractivity contribution in [2.75, 3.05) is 13.1 Å². The van der Waals surface area contributed by atoms with Crippen LogP contribution in [0.3, 0.4) is 0 Å². The fraction of sp³-hybridized carbons (Fsp3) is 0.469. The van der Waals surface area contributed by atoms with Crippen LogP contribution in [0.1, 0.15) is 75.6 Å². The van der Waals surface area contributed by atoms with Crippen molar-refractivity contribution in [2.45, 2.75) is 84.5 Å². The number of hydrogen-bond donors (Lipinski definition) is 1. The highest BCUT2D eigenvalue weighted by Gasteiger charge is 2.28. The van der Waals surface area contributed by atoms with E-state index < -0.39 is 11.4 Å². The van der Waals surface area contributed by atoms with Crippen molar-refractivity contribution < 1.29 is 19.0 Å². The maximum absolute atomic E-state index is 12.0. The molecule has 1 fully saturated rings. The third-order valence-corrected chi connectivity index (χ3v) is 7.32. The Hall–Kier alpha value is -3.09. The van der Waals surface area contributed by atoms with E-state index in [2.05, 4.69) is 64.8 Å². The number of fused-ring (bicyclic) bond motifs is 2. The SMILES string of the molecule is CC(C)(C)OC(=O)NCc1cccc(C2CCN(Cc3cccc4cc5c(cc34)OC(C)(C)OC5)CC2)c1. The molecular formula is C32H40N2O4. The number of ether oxygens (including phenoxy) is 3. The lowest BCUT2D eigenvalue weighted by molar-refractivity contribution is -0.179. The summed E-state index contributed by atoms with van der Waals surface area (Å²) in [5.74, 6) is 0.865. The standard InChI is InChI=1S/C32H40N2O4/c1-31(2,3)38-30(35)33-19-22-8-6-9-24(16-22)23-12-14-34(15-13-23)20-26-11-7-10-25-17-27-21-36-32(4,5)37-29(27)18-28(25)26/h6-11,16-18,23H,12-15,19-21H2,1-5H3,(H,33,35). The smallest absolute Gasteiger partial charge is 0.407 e. The molecule has 0 aromatic heterocycles. The average Bonchev–Trinajstić information content (AvgIpc) is 2.86. The number of carbonyl (C=O) groups excluding carboxylic acids is 1. The van der Waals surface area contributed by atoms with Crippen LogP contribution >= 0.6 is 0 Å². The van der Waals surface area contributed by atoms with E-state index in [1.54, 1.807) is 0 Å². The third kappa shape index (κ3) is 6.48. The summed E-state index contributed by atoms with van der Waals surface area (Å²) >= 11 is 0. The summed E-state index contributed by atoms with van der Waals surface area (Å²) in [6.45, 7) is 13.6. The highest BCUT2D eigenvalue weighted by molar-refractivity contribution is 5.88. The second kappa shape index (κ2) is 10.6. The first-order chi connectivity index (χ1) is 18.0. The zero-order valence-electron chi connectivity index (χ0n) is 23.3. The molecule has 5 rings (SSSR count). The normalized spacial score (nSPS) is 18.0. The lowest BCUT2D eigenvalue weighted by Gasteiger charge is -2.34. The molecule has 0 saturated carbocycles. The van der Waals surface area contributed by atoms with Gasteiger partial charge in [0.05, 0.1) is 6.61 Å². The molecule has 6 nitrogen and oxygen atoms in total. The summed E-state index contributed by atoms with van der Waals surface area (Å²) in [5, 5.41) is 5.37. The number of rotatable bonds is 5. The van der Waals surface area contributed by atoms with Crippen molar-refractivity contribution in [1.82, 2.24) is 10.2 Å². The molecular weight excluding hydrogens is 476 g/mol. The van der Waals surface area contributed by atoms with Crippen LogP contribution in [0.4, 0.5) is 4.79 Å². The molecule has 202 valence electrons. The van der Waals surface area contributed by atoms with Crippen LogP contribution in [0.5, 0.6) is 5.75 Å². The molecule has 2 heterocycles. The number of likely N-dealkylation sites (tertiary alicyclic amines) is 1. The van der Waals surface area contributed by atoms with Gasteiger partial charge in [0.2, 0.25) is 5.79 Å². The second-order valence-electron chi connectivity index (χ2n) is 12.0. The van der Waals surface area contributed by atoms with Crippen molar-refractivity contribution in [3.05, 3.63) is 76.9 Å². The van der Waals surface area contributed by atoms with Crippen molar-refractivity contribution in [3.8, 4) is 5.75 Å². The molecule has 1 amide bonds. The molecule has 0 aliphatic carbocycles. The Labute approximate surface area is 226 Å². The van der Waals surface area contributed by atoms with E-state index in [1.807, 2.05) is 34.6 Å². The van der Waals surface area contributed by atoms with Gasteiger partial charge in [-0.3, -0.25) is 4.90 Å². The molecule has 2 aliphatic heterocycles. The summed E-state index contributed by atoms with van der Waals surface area (Å²) in [4.78, 5) is 14.6. The number of amides is 1. The molecule has 0 spiro atoms.